The van der Waals surface area contributed by atoms with Crippen LogP contribution in [0.1, 0.15) is 29.0 Å². The third kappa shape index (κ3) is 3.24. The van der Waals surface area contributed by atoms with E-state index in [0.717, 1.165) is 23.3 Å². The number of hydrogen-bond acceptors (Lipinski definition) is 4. The van der Waals surface area contributed by atoms with Crippen LogP contribution in [0.4, 0.5) is 0 Å². The molecule has 0 bridgehead atoms. The van der Waals surface area contributed by atoms with E-state index in [4.69, 9.17) is 4.74 Å². The summed E-state index contributed by atoms with van der Waals surface area (Å²) in [7, 11) is 0. The number of para-hydroxylation sites is 1. The first-order valence-electron chi connectivity index (χ1n) is 8.14. The third-order valence-corrected chi connectivity index (χ3v) is 4.55. The van der Waals surface area contributed by atoms with Gasteiger partial charge in [0.1, 0.15) is 5.75 Å². The minimum Gasteiger partial charge on any atom is -0.504 e. The van der Waals surface area contributed by atoms with Gasteiger partial charge in [0.25, 0.3) is 0 Å². The maximum atomic E-state index is 10.5. The van der Waals surface area contributed by atoms with Gasteiger partial charge in [0.15, 0.2) is 11.5 Å². The number of aliphatic hydroxyl groups excluding tert-OH is 1. The fourth-order valence-corrected chi connectivity index (χ4v) is 3.25. The summed E-state index contributed by atoms with van der Waals surface area (Å²) < 4.78 is 5.70. The molecule has 0 heterocycles. The third-order valence-electron chi connectivity index (χ3n) is 4.55. The first-order valence-corrected chi connectivity index (χ1v) is 8.14. The van der Waals surface area contributed by atoms with Crippen molar-refractivity contribution in [3.63, 3.8) is 0 Å². The van der Waals surface area contributed by atoms with Crippen molar-refractivity contribution in [3.05, 3.63) is 65.7 Å². The second-order valence-corrected chi connectivity index (χ2v) is 6.15. The fraction of sp³-hybridized carbons (Fsp3) is 0.300. The Morgan fingerprint density at radius 1 is 1.12 bits per heavy atom. The van der Waals surface area contributed by atoms with Crippen LogP contribution in [0.15, 0.2) is 49.1 Å². The molecule has 0 saturated carbocycles. The van der Waals surface area contributed by atoms with Crippen LogP contribution in [0.5, 0.6) is 17.2 Å². The van der Waals surface area contributed by atoms with E-state index in [1.807, 2.05) is 24.3 Å². The Kier molecular flexibility index (Phi) is 4.76. The number of phenolic OH excluding ortho intramolecular Hbond substituents is 2. The van der Waals surface area contributed by atoms with Gasteiger partial charge in [-0.3, -0.25) is 0 Å². The molecule has 2 aromatic carbocycles. The lowest BCUT2D eigenvalue weighted by molar-refractivity contribution is 0.133. The number of aliphatic hydroxyl groups is 1. The van der Waals surface area contributed by atoms with Crippen molar-refractivity contribution in [2.24, 2.45) is 0 Å². The highest BCUT2D eigenvalue weighted by molar-refractivity contribution is 5.49. The van der Waals surface area contributed by atoms with Crippen LogP contribution in [0, 0.1) is 0 Å². The smallest absolute Gasteiger partial charge is 0.161 e. The molecule has 0 spiro atoms. The van der Waals surface area contributed by atoms with Gasteiger partial charge in [0, 0.05) is 11.5 Å². The zero-order valence-electron chi connectivity index (χ0n) is 13.5. The number of benzene rings is 2. The second-order valence-electron chi connectivity index (χ2n) is 6.15. The molecule has 0 fully saturated rings. The maximum absolute atomic E-state index is 10.5. The molecular formula is C20H22O4. The predicted molar refractivity (Wildman–Crippen MR) is 92.7 cm³/mol. The molecule has 4 heteroatoms. The molecule has 0 unspecified atom stereocenters. The minimum absolute atomic E-state index is 0.150. The average molecular weight is 326 g/mol. The molecule has 4 nitrogen and oxygen atoms in total. The van der Waals surface area contributed by atoms with Gasteiger partial charge in [0.05, 0.1) is 12.7 Å². The van der Waals surface area contributed by atoms with E-state index in [-0.39, 0.29) is 17.4 Å². The van der Waals surface area contributed by atoms with E-state index in [2.05, 4.69) is 6.58 Å². The Bertz CT molecular complexity index is 738. The number of hydrogen-bond donors (Lipinski definition) is 3. The zero-order chi connectivity index (χ0) is 17.1. The highest BCUT2D eigenvalue weighted by Gasteiger charge is 2.30. The largest absolute Gasteiger partial charge is 0.504 e. The summed E-state index contributed by atoms with van der Waals surface area (Å²) in [5, 5.41) is 30.3. The first-order chi connectivity index (χ1) is 11.6. The van der Waals surface area contributed by atoms with Gasteiger partial charge < -0.3 is 20.1 Å². The van der Waals surface area contributed by atoms with Crippen LogP contribution in [0.25, 0.3) is 0 Å². The van der Waals surface area contributed by atoms with Crippen LogP contribution in [0.2, 0.25) is 0 Å². The summed E-state index contributed by atoms with van der Waals surface area (Å²) >= 11 is 0. The minimum atomic E-state index is -0.599. The lowest BCUT2D eigenvalue weighted by atomic mass is 9.77. The standard InChI is InChI=1S/C20H22O4/c1-2-3-9-24-15-8-7-13-12-19(22)17(11-14(13)10-15)16-5-4-6-18(21)20(16)23/h2,4-8,10,17,19,21-23H,1,3,9,11-12H2/t17-,19+/m1/s1. The quantitative estimate of drug-likeness (QED) is 0.448. The summed E-state index contributed by atoms with van der Waals surface area (Å²) in [6.45, 7) is 4.26. The van der Waals surface area contributed by atoms with Gasteiger partial charge in [-0.1, -0.05) is 24.3 Å². The topological polar surface area (TPSA) is 69.9 Å². The number of phenols is 2. The Morgan fingerprint density at radius 2 is 1.96 bits per heavy atom. The SMILES string of the molecule is C=CCCOc1ccc2c(c1)C[C@H](c1cccc(O)c1O)[C@@H](O)C2. The molecular weight excluding hydrogens is 304 g/mol. The van der Waals surface area contributed by atoms with Gasteiger partial charge in [-0.2, -0.15) is 0 Å². The molecule has 2 aromatic rings. The van der Waals surface area contributed by atoms with Gasteiger partial charge in [-0.05, 0) is 48.6 Å². The van der Waals surface area contributed by atoms with Crippen molar-refractivity contribution in [2.75, 3.05) is 6.61 Å². The van der Waals surface area contributed by atoms with Crippen LogP contribution in [0.3, 0.4) is 0 Å². The summed E-state index contributed by atoms with van der Waals surface area (Å²) in [6, 6.07) is 10.8. The Hall–Kier alpha value is -2.46. The van der Waals surface area contributed by atoms with Gasteiger partial charge >= 0.3 is 0 Å². The van der Waals surface area contributed by atoms with E-state index in [1.54, 1.807) is 12.1 Å². The molecule has 1 aliphatic carbocycles. The van der Waals surface area contributed by atoms with Crippen molar-refractivity contribution in [3.8, 4) is 17.2 Å². The lowest BCUT2D eigenvalue weighted by Gasteiger charge is -2.30. The number of fused-ring (bicyclic) bond motifs is 1. The van der Waals surface area contributed by atoms with Crippen LogP contribution in [-0.2, 0) is 12.8 Å². The van der Waals surface area contributed by atoms with Gasteiger partial charge in [0.2, 0.25) is 0 Å². The van der Waals surface area contributed by atoms with Gasteiger partial charge in [-0.25, -0.2) is 0 Å². The van der Waals surface area contributed by atoms with Crippen molar-refractivity contribution in [2.45, 2.75) is 31.3 Å². The fourth-order valence-electron chi connectivity index (χ4n) is 3.25. The molecule has 1 aliphatic rings. The van der Waals surface area contributed by atoms with E-state index in [1.165, 1.54) is 6.07 Å². The van der Waals surface area contributed by atoms with Gasteiger partial charge in [-0.15, -0.1) is 6.58 Å². The second kappa shape index (κ2) is 6.97. The van der Waals surface area contributed by atoms with Crippen LogP contribution < -0.4 is 4.74 Å². The number of ether oxygens (including phenoxy) is 1. The van der Waals surface area contributed by atoms with Crippen LogP contribution >= 0.6 is 0 Å². The monoisotopic (exact) mass is 326 g/mol. The molecule has 3 N–H and O–H groups in total. The highest BCUT2D eigenvalue weighted by Crippen LogP contribution is 2.40. The Morgan fingerprint density at radius 3 is 2.75 bits per heavy atom. The number of rotatable bonds is 5. The van der Waals surface area contributed by atoms with Crippen molar-refractivity contribution in [1.82, 2.24) is 0 Å². The summed E-state index contributed by atoms with van der Waals surface area (Å²) in [5.74, 6) is 0.231. The molecule has 126 valence electrons. The molecule has 3 rings (SSSR count). The number of aromatic hydroxyl groups is 2. The predicted octanol–water partition coefficient (Wildman–Crippen LogP) is 3.30. The summed E-state index contributed by atoms with van der Waals surface area (Å²) in [4.78, 5) is 0. The van der Waals surface area contributed by atoms with Crippen molar-refractivity contribution >= 4 is 0 Å². The normalized spacial score (nSPS) is 19.5. The van der Waals surface area contributed by atoms with E-state index < -0.39 is 6.10 Å². The summed E-state index contributed by atoms with van der Waals surface area (Å²) in [5.41, 5.74) is 2.77. The molecule has 0 aromatic heterocycles. The molecule has 0 saturated heterocycles. The molecule has 0 radical (unpaired) electrons. The average Bonchev–Trinajstić information content (AvgIpc) is 2.57. The first kappa shape index (κ1) is 16.4. The zero-order valence-corrected chi connectivity index (χ0v) is 13.5. The van der Waals surface area contributed by atoms with Crippen LogP contribution in [-0.4, -0.2) is 28.0 Å². The Labute approximate surface area is 141 Å². The van der Waals surface area contributed by atoms with E-state index in [0.29, 0.717) is 25.0 Å². The Balaban J connectivity index is 1.86. The highest BCUT2D eigenvalue weighted by atomic mass is 16.5. The van der Waals surface area contributed by atoms with E-state index >= 15 is 0 Å². The summed E-state index contributed by atoms with van der Waals surface area (Å²) in [6.07, 6.45) is 3.11. The molecule has 0 amide bonds. The lowest BCUT2D eigenvalue weighted by Crippen LogP contribution is -2.28. The molecule has 0 aliphatic heterocycles. The van der Waals surface area contributed by atoms with Crippen molar-refractivity contribution in [1.29, 1.82) is 0 Å². The molecule has 24 heavy (non-hydrogen) atoms. The molecule has 2 atom stereocenters. The van der Waals surface area contributed by atoms with Crippen molar-refractivity contribution < 1.29 is 20.1 Å². The van der Waals surface area contributed by atoms with E-state index in [9.17, 15) is 15.3 Å². The maximum Gasteiger partial charge on any atom is 0.161 e.